The third kappa shape index (κ3) is 4.01. The smallest absolute Gasteiger partial charge is 0.337 e. The highest BCUT2D eigenvalue weighted by Gasteiger charge is 2.31. The highest BCUT2D eigenvalue weighted by Crippen LogP contribution is 2.39. The summed E-state index contributed by atoms with van der Waals surface area (Å²) < 4.78 is 5.97. The SMILES string of the molecule is Cc1ccc(-c2c([C@H](OC(C)(C)C)C(=O)O)c(C)cc3ccccc23)nc1. The molecule has 0 amide bonds. The van der Waals surface area contributed by atoms with Gasteiger partial charge in [-0.15, -0.1) is 0 Å². The maximum absolute atomic E-state index is 12.2. The molecule has 4 heteroatoms. The lowest BCUT2D eigenvalue weighted by atomic mass is 9.89. The van der Waals surface area contributed by atoms with Crippen LogP contribution in [0.25, 0.3) is 22.0 Å². The summed E-state index contributed by atoms with van der Waals surface area (Å²) in [6.45, 7) is 9.51. The van der Waals surface area contributed by atoms with E-state index in [1.165, 1.54) is 0 Å². The van der Waals surface area contributed by atoms with Crippen molar-refractivity contribution < 1.29 is 14.6 Å². The van der Waals surface area contributed by atoms with Gasteiger partial charge in [0, 0.05) is 17.3 Å². The van der Waals surface area contributed by atoms with Crippen LogP contribution < -0.4 is 0 Å². The van der Waals surface area contributed by atoms with Crippen LogP contribution in [0.1, 0.15) is 43.6 Å². The predicted octanol–water partition coefficient (Wildman–Crippen LogP) is 5.46. The quantitative estimate of drug-likeness (QED) is 0.669. The van der Waals surface area contributed by atoms with Crippen LogP contribution in [-0.2, 0) is 9.53 Å². The van der Waals surface area contributed by atoms with E-state index >= 15 is 0 Å². The van der Waals surface area contributed by atoms with Crippen LogP contribution in [-0.4, -0.2) is 21.7 Å². The Bertz CT molecular complexity index is 985. The number of carboxylic acid groups (broad SMARTS) is 1. The highest BCUT2D eigenvalue weighted by atomic mass is 16.5. The van der Waals surface area contributed by atoms with Gasteiger partial charge in [-0.3, -0.25) is 4.98 Å². The summed E-state index contributed by atoms with van der Waals surface area (Å²) in [6, 6.07) is 13.9. The minimum atomic E-state index is -1.08. The Morgan fingerprint density at radius 1 is 1.11 bits per heavy atom. The molecule has 0 fully saturated rings. The molecule has 0 spiro atoms. The lowest BCUT2D eigenvalue weighted by molar-refractivity contribution is -0.160. The molecule has 1 atom stereocenters. The standard InChI is InChI=1S/C23H25NO3/c1-14-10-11-18(24-13-14)20-17-9-7-6-8-16(17)12-15(2)19(20)21(22(25)26)27-23(3,4)5/h6-13,21H,1-5H3,(H,25,26)/t21-/m0/s1. The topological polar surface area (TPSA) is 59.4 Å². The Hall–Kier alpha value is -2.72. The van der Waals surface area contributed by atoms with Gasteiger partial charge < -0.3 is 9.84 Å². The number of benzene rings is 2. The average Bonchev–Trinajstić information content (AvgIpc) is 2.59. The molecule has 1 aromatic heterocycles. The molecule has 0 saturated carbocycles. The summed E-state index contributed by atoms with van der Waals surface area (Å²) >= 11 is 0. The van der Waals surface area contributed by atoms with E-state index in [2.05, 4.69) is 4.98 Å². The summed E-state index contributed by atoms with van der Waals surface area (Å²) in [7, 11) is 0. The largest absolute Gasteiger partial charge is 0.479 e. The zero-order valence-electron chi connectivity index (χ0n) is 16.4. The first-order valence-electron chi connectivity index (χ1n) is 9.03. The second-order valence-electron chi connectivity index (χ2n) is 7.87. The van der Waals surface area contributed by atoms with E-state index in [-0.39, 0.29) is 0 Å². The van der Waals surface area contributed by atoms with Gasteiger partial charge in [0.1, 0.15) is 0 Å². The number of aryl methyl sites for hydroxylation is 2. The molecule has 0 aliphatic rings. The van der Waals surface area contributed by atoms with Crippen LogP contribution in [0.15, 0.2) is 48.7 Å². The summed E-state index contributed by atoms with van der Waals surface area (Å²) in [5.41, 5.74) is 3.56. The van der Waals surface area contributed by atoms with Crippen LogP contribution in [0, 0.1) is 13.8 Å². The lowest BCUT2D eigenvalue weighted by Crippen LogP contribution is -2.28. The molecule has 140 valence electrons. The molecule has 0 radical (unpaired) electrons. The van der Waals surface area contributed by atoms with Gasteiger partial charge in [-0.1, -0.05) is 36.4 Å². The van der Waals surface area contributed by atoms with Crippen molar-refractivity contribution in [3.8, 4) is 11.3 Å². The number of carboxylic acids is 1. The number of hydrogen-bond acceptors (Lipinski definition) is 3. The molecular formula is C23H25NO3. The predicted molar refractivity (Wildman–Crippen MR) is 108 cm³/mol. The van der Waals surface area contributed by atoms with Crippen LogP contribution in [0.4, 0.5) is 0 Å². The van der Waals surface area contributed by atoms with Gasteiger partial charge in [-0.2, -0.15) is 0 Å². The minimum absolute atomic E-state index is 0.598. The Morgan fingerprint density at radius 3 is 2.41 bits per heavy atom. The van der Waals surface area contributed by atoms with Gasteiger partial charge in [0.15, 0.2) is 6.10 Å². The van der Waals surface area contributed by atoms with E-state index < -0.39 is 17.7 Å². The average molecular weight is 363 g/mol. The van der Waals surface area contributed by atoms with E-state index in [4.69, 9.17) is 4.74 Å². The molecule has 2 aromatic carbocycles. The number of aromatic nitrogens is 1. The monoisotopic (exact) mass is 363 g/mol. The third-order valence-electron chi connectivity index (χ3n) is 4.42. The summed E-state index contributed by atoms with van der Waals surface area (Å²) in [6.07, 6.45) is 0.726. The second-order valence-corrected chi connectivity index (χ2v) is 7.87. The number of rotatable bonds is 4. The van der Waals surface area contributed by atoms with Crippen molar-refractivity contribution in [2.75, 3.05) is 0 Å². The molecule has 4 nitrogen and oxygen atoms in total. The van der Waals surface area contributed by atoms with Gasteiger partial charge in [-0.05, 0) is 62.6 Å². The van der Waals surface area contributed by atoms with Crippen LogP contribution in [0.2, 0.25) is 0 Å². The molecule has 27 heavy (non-hydrogen) atoms. The van der Waals surface area contributed by atoms with Crippen molar-refractivity contribution in [1.29, 1.82) is 0 Å². The van der Waals surface area contributed by atoms with Gasteiger partial charge in [0.25, 0.3) is 0 Å². The zero-order chi connectivity index (χ0) is 19.8. The first-order chi connectivity index (χ1) is 12.7. The van der Waals surface area contributed by atoms with E-state index in [0.29, 0.717) is 5.56 Å². The fraction of sp³-hybridized carbons (Fsp3) is 0.304. The molecular weight excluding hydrogens is 338 g/mol. The van der Waals surface area contributed by atoms with Gasteiger partial charge >= 0.3 is 5.97 Å². The van der Waals surface area contributed by atoms with Crippen molar-refractivity contribution in [2.24, 2.45) is 0 Å². The van der Waals surface area contributed by atoms with Crippen molar-refractivity contribution in [3.63, 3.8) is 0 Å². The molecule has 1 heterocycles. The summed E-state index contributed by atoms with van der Waals surface area (Å²) in [4.78, 5) is 16.7. The number of fused-ring (bicyclic) bond motifs is 1. The lowest BCUT2D eigenvalue weighted by Gasteiger charge is -2.28. The first kappa shape index (κ1) is 19.1. The fourth-order valence-corrected chi connectivity index (χ4v) is 3.32. The molecule has 3 rings (SSSR count). The number of carbonyl (C=O) groups is 1. The fourth-order valence-electron chi connectivity index (χ4n) is 3.32. The summed E-state index contributed by atoms with van der Waals surface area (Å²) in [5, 5.41) is 12.0. The molecule has 0 aliphatic carbocycles. The number of ether oxygens (including phenoxy) is 1. The highest BCUT2D eigenvalue weighted by molar-refractivity contribution is 6.00. The minimum Gasteiger partial charge on any atom is -0.479 e. The van der Waals surface area contributed by atoms with Crippen molar-refractivity contribution in [2.45, 2.75) is 46.3 Å². The van der Waals surface area contributed by atoms with E-state index in [1.807, 2.05) is 77.1 Å². The Labute approximate surface area is 159 Å². The first-order valence-corrected chi connectivity index (χ1v) is 9.03. The van der Waals surface area contributed by atoms with Gasteiger partial charge in [-0.25, -0.2) is 4.79 Å². The number of nitrogens with zero attached hydrogens (tertiary/aromatic N) is 1. The Kier molecular flexibility index (Phi) is 5.03. The number of pyridine rings is 1. The summed E-state index contributed by atoms with van der Waals surface area (Å²) in [5.74, 6) is -1.00. The second kappa shape index (κ2) is 7.12. The van der Waals surface area contributed by atoms with Gasteiger partial charge in [0.2, 0.25) is 0 Å². The number of aliphatic carboxylic acids is 1. The molecule has 1 N–H and O–H groups in total. The normalized spacial score (nSPS) is 12.9. The van der Waals surface area contributed by atoms with Gasteiger partial charge in [0.05, 0.1) is 11.3 Å². The molecule has 0 unspecified atom stereocenters. The maximum atomic E-state index is 12.2. The molecule has 0 aliphatic heterocycles. The van der Waals surface area contributed by atoms with E-state index in [9.17, 15) is 9.90 Å². The third-order valence-corrected chi connectivity index (χ3v) is 4.42. The van der Waals surface area contributed by atoms with E-state index in [0.717, 1.165) is 33.2 Å². The molecule has 3 aromatic rings. The Morgan fingerprint density at radius 2 is 1.81 bits per heavy atom. The molecule has 0 bridgehead atoms. The number of hydrogen-bond donors (Lipinski definition) is 1. The van der Waals surface area contributed by atoms with Crippen molar-refractivity contribution in [3.05, 3.63) is 65.4 Å². The van der Waals surface area contributed by atoms with Crippen LogP contribution in [0.3, 0.4) is 0 Å². The molecule has 0 saturated heterocycles. The van der Waals surface area contributed by atoms with E-state index in [1.54, 1.807) is 6.20 Å². The van der Waals surface area contributed by atoms with Crippen LogP contribution in [0.5, 0.6) is 0 Å². The Balaban J connectivity index is 2.37. The zero-order valence-corrected chi connectivity index (χ0v) is 16.4. The maximum Gasteiger partial charge on any atom is 0.337 e. The van der Waals surface area contributed by atoms with Crippen molar-refractivity contribution >= 4 is 16.7 Å². The van der Waals surface area contributed by atoms with Crippen molar-refractivity contribution in [1.82, 2.24) is 4.98 Å². The van der Waals surface area contributed by atoms with Crippen LogP contribution >= 0.6 is 0 Å².